The monoisotopic (exact) mass is 269 g/mol. The van der Waals surface area contributed by atoms with Crippen molar-refractivity contribution in [3.63, 3.8) is 0 Å². The highest BCUT2D eigenvalue weighted by atomic mass is 32.2. The van der Waals surface area contributed by atoms with Crippen LogP contribution in [0.1, 0.15) is 5.56 Å². The number of carbonyl (C=O) groups is 2. The van der Waals surface area contributed by atoms with Gasteiger partial charge in [-0.2, -0.15) is 0 Å². The average Bonchev–Trinajstić information content (AvgIpc) is 2.37. The van der Waals surface area contributed by atoms with E-state index in [2.05, 4.69) is 5.32 Å². The lowest BCUT2D eigenvalue weighted by Crippen LogP contribution is -2.44. The molecule has 0 bridgehead atoms. The van der Waals surface area contributed by atoms with Crippen molar-refractivity contribution in [2.75, 3.05) is 12.4 Å². The minimum atomic E-state index is -1.24. The van der Waals surface area contributed by atoms with Gasteiger partial charge in [-0.05, 0) is 5.56 Å². The highest BCUT2D eigenvalue weighted by molar-refractivity contribution is 7.99. The standard InChI is InChI=1S/C12H15NO4S/c14-6-10(12(16)17)13-11(15)8-18-7-9-4-2-1-3-5-9/h1-5,10,14H,6-8H2,(H,13,15)(H,16,17). The summed E-state index contributed by atoms with van der Waals surface area (Å²) < 4.78 is 0. The van der Waals surface area contributed by atoms with Crippen LogP contribution in [0.25, 0.3) is 0 Å². The van der Waals surface area contributed by atoms with Crippen LogP contribution in [0.4, 0.5) is 0 Å². The summed E-state index contributed by atoms with van der Waals surface area (Å²) in [5, 5.41) is 19.6. The molecule has 6 heteroatoms. The molecule has 1 unspecified atom stereocenters. The highest BCUT2D eigenvalue weighted by Crippen LogP contribution is 2.11. The number of aliphatic hydroxyl groups excluding tert-OH is 1. The van der Waals surface area contributed by atoms with Crippen molar-refractivity contribution >= 4 is 23.6 Å². The molecule has 98 valence electrons. The molecule has 0 aliphatic rings. The van der Waals surface area contributed by atoms with Crippen molar-refractivity contribution in [3.8, 4) is 0 Å². The van der Waals surface area contributed by atoms with Gasteiger partial charge in [-0.25, -0.2) is 4.79 Å². The quantitative estimate of drug-likeness (QED) is 0.670. The first kappa shape index (κ1) is 14.5. The molecule has 18 heavy (non-hydrogen) atoms. The highest BCUT2D eigenvalue weighted by Gasteiger charge is 2.18. The second kappa shape index (κ2) is 7.73. The molecule has 0 aliphatic carbocycles. The van der Waals surface area contributed by atoms with Gasteiger partial charge < -0.3 is 15.5 Å². The van der Waals surface area contributed by atoms with Crippen molar-refractivity contribution in [2.24, 2.45) is 0 Å². The molecule has 0 heterocycles. The van der Waals surface area contributed by atoms with Gasteiger partial charge in [0, 0.05) is 5.75 Å². The first-order valence-electron chi connectivity index (χ1n) is 5.38. The zero-order valence-corrected chi connectivity index (χ0v) is 10.5. The molecule has 0 saturated heterocycles. The minimum Gasteiger partial charge on any atom is -0.480 e. The number of rotatable bonds is 7. The number of aliphatic hydroxyl groups is 1. The summed E-state index contributed by atoms with van der Waals surface area (Å²) in [6.45, 7) is -0.607. The zero-order chi connectivity index (χ0) is 13.4. The Bertz CT molecular complexity index is 396. The number of nitrogens with one attached hydrogen (secondary N) is 1. The normalized spacial score (nSPS) is 11.8. The van der Waals surface area contributed by atoms with Crippen LogP contribution in [-0.2, 0) is 15.3 Å². The lowest BCUT2D eigenvalue weighted by atomic mass is 10.2. The Morgan fingerprint density at radius 2 is 1.94 bits per heavy atom. The maximum atomic E-state index is 11.4. The number of benzene rings is 1. The fourth-order valence-electron chi connectivity index (χ4n) is 1.26. The van der Waals surface area contributed by atoms with Gasteiger partial charge in [0.2, 0.25) is 5.91 Å². The summed E-state index contributed by atoms with van der Waals surface area (Å²) in [7, 11) is 0. The third-order valence-electron chi connectivity index (χ3n) is 2.16. The smallest absolute Gasteiger partial charge is 0.328 e. The Hall–Kier alpha value is -1.53. The Morgan fingerprint density at radius 1 is 1.28 bits per heavy atom. The first-order valence-corrected chi connectivity index (χ1v) is 6.53. The molecule has 0 saturated carbocycles. The Kier molecular flexibility index (Phi) is 6.24. The molecule has 3 N–H and O–H groups in total. The molecule has 1 aromatic carbocycles. The van der Waals surface area contributed by atoms with Crippen LogP contribution in [-0.4, -0.2) is 40.5 Å². The molecule has 0 radical (unpaired) electrons. The summed E-state index contributed by atoms with van der Waals surface area (Å²) in [6.07, 6.45) is 0. The van der Waals surface area contributed by atoms with Gasteiger partial charge in [0.15, 0.2) is 0 Å². The predicted molar refractivity (Wildman–Crippen MR) is 69.3 cm³/mol. The number of carbonyl (C=O) groups excluding carboxylic acids is 1. The van der Waals surface area contributed by atoms with Crippen LogP contribution in [0.2, 0.25) is 0 Å². The number of aliphatic carboxylic acids is 1. The van der Waals surface area contributed by atoms with E-state index < -0.39 is 24.5 Å². The summed E-state index contributed by atoms with van der Waals surface area (Å²) in [6, 6.07) is 8.44. The number of thioether (sulfide) groups is 1. The molecule has 0 aliphatic heterocycles. The van der Waals surface area contributed by atoms with E-state index in [0.717, 1.165) is 5.56 Å². The second-order valence-corrected chi connectivity index (χ2v) is 4.60. The van der Waals surface area contributed by atoms with E-state index in [9.17, 15) is 9.59 Å². The molecule has 1 amide bonds. The summed E-state index contributed by atoms with van der Waals surface area (Å²) in [4.78, 5) is 22.0. The van der Waals surface area contributed by atoms with E-state index in [1.807, 2.05) is 30.3 Å². The Balaban J connectivity index is 2.27. The fraction of sp³-hybridized carbons (Fsp3) is 0.333. The van der Waals surface area contributed by atoms with Gasteiger partial charge in [0.05, 0.1) is 12.4 Å². The van der Waals surface area contributed by atoms with Crippen LogP contribution >= 0.6 is 11.8 Å². The number of hydrogen-bond acceptors (Lipinski definition) is 4. The predicted octanol–water partition coefficient (Wildman–Crippen LogP) is 0.482. The van der Waals surface area contributed by atoms with Gasteiger partial charge in [-0.1, -0.05) is 30.3 Å². The maximum absolute atomic E-state index is 11.4. The Morgan fingerprint density at radius 3 is 2.50 bits per heavy atom. The van der Waals surface area contributed by atoms with Crippen molar-refractivity contribution in [1.82, 2.24) is 5.32 Å². The summed E-state index contributed by atoms with van der Waals surface area (Å²) >= 11 is 1.39. The van der Waals surface area contributed by atoms with Crippen LogP contribution in [0.3, 0.4) is 0 Å². The summed E-state index contributed by atoms with van der Waals surface area (Å²) in [5.41, 5.74) is 1.10. The molecule has 0 aromatic heterocycles. The number of hydrogen-bond donors (Lipinski definition) is 3. The fourth-order valence-corrected chi connectivity index (χ4v) is 2.06. The van der Waals surface area contributed by atoms with Crippen LogP contribution < -0.4 is 5.32 Å². The lowest BCUT2D eigenvalue weighted by molar-refractivity contribution is -0.142. The first-order chi connectivity index (χ1) is 8.63. The molecule has 0 spiro atoms. The Labute approximate surface area is 109 Å². The maximum Gasteiger partial charge on any atom is 0.328 e. The molecular formula is C12H15NO4S. The van der Waals surface area contributed by atoms with Gasteiger partial charge in [0.25, 0.3) is 0 Å². The molecule has 0 fully saturated rings. The minimum absolute atomic E-state index is 0.165. The van der Waals surface area contributed by atoms with Crippen molar-refractivity contribution in [1.29, 1.82) is 0 Å². The lowest BCUT2D eigenvalue weighted by Gasteiger charge is -2.11. The van der Waals surface area contributed by atoms with Gasteiger partial charge in [-0.15, -0.1) is 11.8 Å². The topological polar surface area (TPSA) is 86.6 Å². The third-order valence-corrected chi connectivity index (χ3v) is 3.16. The van der Waals surface area contributed by atoms with E-state index in [1.165, 1.54) is 11.8 Å². The van der Waals surface area contributed by atoms with Gasteiger partial charge >= 0.3 is 5.97 Å². The zero-order valence-electron chi connectivity index (χ0n) is 9.70. The average molecular weight is 269 g/mol. The second-order valence-electron chi connectivity index (χ2n) is 3.62. The van der Waals surface area contributed by atoms with Crippen molar-refractivity contribution in [2.45, 2.75) is 11.8 Å². The van der Waals surface area contributed by atoms with Gasteiger partial charge in [0.1, 0.15) is 6.04 Å². The van der Waals surface area contributed by atoms with Crippen LogP contribution in [0.15, 0.2) is 30.3 Å². The van der Waals surface area contributed by atoms with E-state index in [4.69, 9.17) is 10.2 Å². The molecule has 1 aromatic rings. The number of carboxylic acid groups (broad SMARTS) is 1. The molecular weight excluding hydrogens is 254 g/mol. The van der Waals surface area contributed by atoms with E-state index in [-0.39, 0.29) is 5.75 Å². The SMILES string of the molecule is O=C(CSCc1ccccc1)NC(CO)C(=O)O. The van der Waals surface area contributed by atoms with Crippen molar-refractivity contribution < 1.29 is 19.8 Å². The van der Waals surface area contributed by atoms with E-state index >= 15 is 0 Å². The summed E-state index contributed by atoms with van der Waals surface area (Å²) in [5.74, 6) is -0.777. The molecule has 5 nitrogen and oxygen atoms in total. The van der Waals surface area contributed by atoms with Crippen molar-refractivity contribution in [3.05, 3.63) is 35.9 Å². The van der Waals surface area contributed by atoms with Gasteiger partial charge in [-0.3, -0.25) is 4.79 Å². The molecule has 1 rings (SSSR count). The van der Waals surface area contributed by atoms with E-state index in [0.29, 0.717) is 5.75 Å². The van der Waals surface area contributed by atoms with Crippen LogP contribution in [0, 0.1) is 0 Å². The van der Waals surface area contributed by atoms with Crippen LogP contribution in [0.5, 0.6) is 0 Å². The number of amides is 1. The number of carboxylic acids is 1. The third kappa shape index (κ3) is 5.20. The largest absolute Gasteiger partial charge is 0.480 e. The molecule has 1 atom stereocenters. The van der Waals surface area contributed by atoms with E-state index in [1.54, 1.807) is 0 Å².